The Bertz CT molecular complexity index is 1100. The first-order chi connectivity index (χ1) is 17.3. The molecule has 36 heavy (non-hydrogen) atoms. The van der Waals surface area contributed by atoms with E-state index in [-0.39, 0.29) is 23.5 Å². The molecule has 0 radical (unpaired) electrons. The van der Waals surface area contributed by atoms with Gasteiger partial charge in [-0.05, 0) is 87.5 Å². The fraction of sp³-hybridized carbons (Fsp3) is 0.423. The Balaban J connectivity index is 1.50. The number of nitrogens with two attached hydrogens (primary N) is 1. The van der Waals surface area contributed by atoms with Crippen LogP contribution in [-0.2, 0) is 17.6 Å². The van der Waals surface area contributed by atoms with Crippen LogP contribution in [0.1, 0.15) is 47.2 Å². The third-order valence-corrected chi connectivity index (χ3v) is 6.85. The van der Waals surface area contributed by atoms with Crippen LogP contribution in [-0.4, -0.2) is 55.5 Å². The van der Waals surface area contributed by atoms with Gasteiger partial charge in [0.05, 0.1) is 13.2 Å². The van der Waals surface area contributed by atoms with Crippen molar-refractivity contribution in [2.45, 2.75) is 44.6 Å². The highest BCUT2D eigenvalue weighted by Crippen LogP contribution is 2.25. The third kappa shape index (κ3) is 7.51. The lowest BCUT2D eigenvalue weighted by molar-refractivity contribution is -0.122. The SMILES string of the molecule is COc1ccc(Br)cc1CCc1c(F)cccc1C(=O)NC(=N)NCCCCN1CCC[C@H]1C(N)=O. The normalized spacial score (nSPS) is 15.5. The number of hydrogen-bond donors (Lipinski definition) is 4. The number of likely N-dealkylation sites (tertiary alicyclic amines) is 1. The summed E-state index contributed by atoms with van der Waals surface area (Å²) in [7, 11) is 1.58. The molecule has 5 N–H and O–H groups in total. The average molecular weight is 562 g/mol. The van der Waals surface area contributed by atoms with Gasteiger partial charge in [0.15, 0.2) is 5.96 Å². The molecule has 8 nitrogen and oxygen atoms in total. The standard InChI is InChI=1S/C26H33BrFN5O3/c1-36-23-12-10-18(27)16-17(23)9-11-19-20(6-4-7-21(19)28)25(35)32-26(30)31-13-2-3-14-33-15-5-8-22(33)24(29)34/h4,6-7,10,12,16,22H,2-3,5,8-9,11,13-15H2,1H3,(H2,29,34)(H3,30,31,32,35)/t22-/m0/s1. The molecule has 0 aromatic heterocycles. The molecule has 1 saturated heterocycles. The van der Waals surface area contributed by atoms with Gasteiger partial charge >= 0.3 is 0 Å². The quantitative estimate of drug-likeness (QED) is 0.190. The van der Waals surface area contributed by atoms with E-state index in [0.29, 0.717) is 30.7 Å². The van der Waals surface area contributed by atoms with Crippen LogP contribution in [0.4, 0.5) is 4.39 Å². The van der Waals surface area contributed by atoms with E-state index in [1.54, 1.807) is 13.2 Å². The molecule has 1 fully saturated rings. The van der Waals surface area contributed by atoms with Crippen LogP contribution in [0.5, 0.6) is 5.75 Å². The number of hydrogen-bond acceptors (Lipinski definition) is 5. The fourth-order valence-corrected chi connectivity index (χ4v) is 4.93. The number of rotatable bonds is 11. The van der Waals surface area contributed by atoms with Crippen molar-refractivity contribution in [2.75, 3.05) is 26.7 Å². The molecule has 10 heteroatoms. The zero-order valence-corrected chi connectivity index (χ0v) is 22.0. The second kappa shape index (κ2) is 13.4. The number of benzene rings is 2. The zero-order chi connectivity index (χ0) is 26.1. The van der Waals surface area contributed by atoms with Crippen LogP contribution in [0.25, 0.3) is 0 Å². The fourth-order valence-electron chi connectivity index (χ4n) is 4.52. The Hall–Kier alpha value is -2.98. The van der Waals surface area contributed by atoms with Crippen LogP contribution in [0.2, 0.25) is 0 Å². The Morgan fingerprint density at radius 1 is 1.25 bits per heavy atom. The van der Waals surface area contributed by atoms with E-state index in [4.69, 9.17) is 15.9 Å². The summed E-state index contributed by atoms with van der Waals surface area (Å²) in [5.41, 5.74) is 6.83. The molecule has 1 aliphatic rings. The number of amides is 2. The number of aryl methyl sites for hydroxylation is 1. The molecule has 0 saturated carbocycles. The molecule has 0 spiro atoms. The molecule has 1 heterocycles. The molecular weight excluding hydrogens is 529 g/mol. The van der Waals surface area contributed by atoms with Gasteiger partial charge in [0, 0.05) is 22.1 Å². The van der Waals surface area contributed by atoms with Gasteiger partial charge in [0.25, 0.3) is 5.91 Å². The molecule has 2 aromatic rings. The largest absolute Gasteiger partial charge is 0.496 e. The van der Waals surface area contributed by atoms with Crippen molar-refractivity contribution in [3.05, 3.63) is 63.4 Å². The van der Waals surface area contributed by atoms with Crippen LogP contribution < -0.4 is 21.1 Å². The highest BCUT2D eigenvalue weighted by Gasteiger charge is 2.28. The molecule has 0 bridgehead atoms. The molecular formula is C26H33BrFN5O3. The highest BCUT2D eigenvalue weighted by molar-refractivity contribution is 9.10. The van der Waals surface area contributed by atoms with Crippen molar-refractivity contribution in [1.82, 2.24) is 15.5 Å². The van der Waals surface area contributed by atoms with E-state index in [9.17, 15) is 14.0 Å². The minimum absolute atomic E-state index is 0.139. The Morgan fingerprint density at radius 3 is 2.81 bits per heavy atom. The topological polar surface area (TPSA) is 121 Å². The van der Waals surface area contributed by atoms with Gasteiger partial charge in [-0.2, -0.15) is 0 Å². The molecule has 2 aromatic carbocycles. The Labute approximate surface area is 219 Å². The summed E-state index contributed by atoms with van der Waals surface area (Å²) in [4.78, 5) is 26.4. The van der Waals surface area contributed by atoms with Crippen molar-refractivity contribution in [3.8, 4) is 5.75 Å². The number of unbranched alkanes of at least 4 members (excludes halogenated alkanes) is 1. The third-order valence-electron chi connectivity index (χ3n) is 6.35. The number of nitrogens with one attached hydrogen (secondary N) is 3. The van der Waals surface area contributed by atoms with Crippen LogP contribution in [0, 0.1) is 11.2 Å². The van der Waals surface area contributed by atoms with Crippen LogP contribution in [0.15, 0.2) is 40.9 Å². The lowest BCUT2D eigenvalue weighted by Gasteiger charge is -2.21. The van der Waals surface area contributed by atoms with Crippen molar-refractivity contribution in [1.29, 1.82) is 5.41 Å². The summed E-state index contributed by atoms with van der Waals surface area (Å²) in [6.07, 6.45) is 4.16. The first-order valence-electron chi connectivity index (χ1n) is 12.1. The van der Waals surface area contributed by atoms with E-state index < -0.39 is 11.7 Å². The number of ether oxygens (including phenoxy) is 1. The monoisotopic (exact) mass is 561 g/mol. The second-order valence-corrected chi connectivity index (χ2v) is 9.70. The van der Waals surface area contributed by atoms with Crippen molar-refractivity contribution < 1.29 is 18.7 Å². The second-order valence-electron chi connectivity index (χ2n) is 8.78. The van der Waals surface area contributed by atoms with Crippen LogP contribution in [0.3, 0.4) is 0 Å². The molecule has 3 rings (SSSR count). The number of methoxy groups -OCH3 is 1. The maximum Gasteiger partial charge on any atom is 0.258 e. The van der Waals surface area contributed by atoms with E-state index in [0.717, 1.165) is 48.8 Å². The van der Waals surface area contributed by atoms with Crippen molar-refractivity contribution in [3.63, 3.8) is 0 Å². The van der Waals surface area contributed by atoms with Gasteiger partial charge < -0.3 is 15.8 Å². The summed E-state index contributed by atoms with van der Waals surface area (Å²) in [6, 6.07) is 9.82. The van der Waals surface area contributed by atoms with E-state index >= 15 is 0 Å². The number of primary amides is 1. The van der Waals surface area contributed by atoms with E-state index in [2.05, 4.69) is 31.5 Å². The minimum Gasteiger partial charge on any atom is -0.496 e. The molecule has 0 aliphatic carbocycles. The minimum atomic E-state index is -0.537. The Morgan fingerprint density at radius 2 is 2.06 bits per heavy atom. The van der Waals surface area contributed by atoms with Gasteiger partial charge in [-0.15, -0.1) is 0 Å². The molecule has 194 valence electrons. The summed E-state index contributed by atoms with van der Waals surface area (Å²) in [5.74, 6) is -0.721. The number of halogens is 2. The van der Waals surface area contributed by atoms with Gasteiger partial charge in [-0.3, -0.25) is 25.2 Å². The van der Waals surface area contributed by atoms with Crippen LogP contribution >= 0.6 is 15.9 Å². The van der Waals surface area contributed by atoms with E-state index in [1.807, 2.05) is 18.2 Å². The maximum absolute atomic E-state index is 14.7. The number of carbonyl (C=O) groups excluding carboxylic acids is 2. The highest BCUT2D eigenvalue weighted by atomic mass is 79.9. The maximum atomic E-state index is 14.7. The first-order valence-corrected chi connectivity index (χ1v) is 12.9. The molecule has 1 atom stereocenters. The number of carbonyl (C=O) groups is 2. The van der Waals surface area contributed by atoms with Gasteiger partial charge in [-0.1, -0.05) is 22.0 Å². The molecule has 0 unspecified atom stereocenters. The van der Waals surface area contributed by atoms with Gasteiger partial charge in [-0.25, -0.2) is 4.39 Å². The van der Waals surface area contributed by atoms with Gasteiger partial charge in [0.2, 0.25) is 5.91 Å². The summed E-state index contributed by atoms with van der Waals surface area (Å²) >= 11 is 3.44. The van der Waals surface area contributed by atoms with Crippen molar-refractivity contribution in [2.24, 2.45) is 5.73 Å². The smallest absolute Gasteiger partial charge is 0.258 e. The average Bonchev–Trinajstić information content (AvgIpc) is 3.32. The van der Waals surface area contributed by atoms with E-state index in [1.165, 1.54) is 12.1 Å². The zero-order valence-electron chi connectivity index (χ0n) is 20.4. The predicted octanol–water partition coefficient (Wildman–Crippen LogP) is 3.37. The lowest BCUT2D eigenvalue weighted by Crippen LogP contribution is -2.42. The summed E-state index contributed by atoms with van der Waals surface area (Å²) < 4.78 is 21.0. The predicted molar refractivity (Wildman–Crippen MR) is 141 cm³/mol. The number of guanidine groups is 1. The number of nitrogens with zero attached hydrogens (tertiary/aromatic N) is 1. The molecule has 2 amide bonds. The molecule has 1 aliphatic heterocycles. The lowest BCUT2D eigenvalue weighted by atomic mass is 9.98. The first kappa shape index (κ1) is 27.6. The van der Waals surface area contributed by atoms with Gasteiger partial charge in [0.1, 0.15) is 11.6 Å². The summed E-state index contributed by atoms with van der Waals surface area (Å²) in [6.45, 7) is 2.13. The summed E-state index contributed by atoms with van der Waals surface area (Å²) in [5, 5.41) is 13.5. The Kier molecular flexibility index (Phi) is 10.2. The van der Waals surface area contributed by atoms with Crippen molar-refractivity contribution >= 4 is 33.7 Å².